The van der Waals surface area contributed by atoms with Gasteiger partial charge in [0.1, 0.15) is 18.4 Å². The number of amides is 2. The first-order chi connectivity index (χ1) is 19.6. The Hall–Kier alpha value is -3.18. The molecule has 226 valence electrons. The predicted octanol–water partition coefficient (Wildman–Crippen LogP) is 5.30. The van der Waals surface area contributed by atoms with Crippen LogP contribution >= 0.6 is 23.2 Å². The maximum atomic E-state index is 14.9. The Morgan fingerprint density at radius 3 is 2.02 bits per heavy atom. The Kier molecular flexibility index (Phi) is 11.0. The van der Waals surface area contributed by atoms with Gasteiger partial charge in [-0.05, 0) is 50.6 Å². The lowest BCUT2D eigenvalue weighted by Gasteiger charge is -2.36. The number of halogens is 3. The van der Waals surface area contributed by atoms with Crippen LogP contribution in [0.15, 0.2) is 72.8 Å². The van der Waals surface area contributed by atoms with Gasteiger partial charge in [-0.3, -0.25) is 9.59 Å². The summed E-state index contributed by atoms with van der Waals surface area (Å²) in [6, 6.07) is 18.1. The first-order valence-corrected chi connectivity index (χ1v) is 15.3. The van der Waals surface area contributed by atoms with Gasteiger partial charge in [0.05, 0.1) is 5.69 Å². The van der Waals surface area contributed by atoms with E-state index >= 15 is 0 Å². The molecule has 8 nitrogen and oxygen atoms in total. The summed E-state index contributed by atoms with van der Waals surface area (Å²) in [5.41, 5.74) is 0.190. The van der Waals surface area contributed by atoms with Crippen molar-refractivity contribution in [2.24, 2.45) is 0 Å². The van der Waals surface area contributed by atoms with Crippen LogP contribution in [0.4, 0.5) is 10.1 Å². The van der Waals surface area contributed by atoms with E-state index in [0.717, 1.165) is 15.9 Å². The summed E-state index contributed by atoms with van der Waals surface area (Å²) in [5.74, 6) is -2.05. The number of nitrogens with one attached hydrogen (secondary N) is 1. The molecule has 3 aromatic carbocycles. The van der Waals surface area contributed by atoms with Gasteiger partial charge in [-0.2, -0.15) is 12.7 Å². The highest BCUT2D eigenvalue weighted by Gasteiger charge is 2.36. The Balaban J connectivity index is 2.17. The molecule has 42 heavy (non-hydrogen) atoms. The lowest BCUT2D eigenvalue weighted by molar-refractivity contribution is -0.140. The molecule has 3 aromatic rings. The predicted molar refractivity (Wildman–Crippen MR) is 165 cm³/mol. The fourth-order valence-electron chi connectivity index (χ4n) is 4.22. The largest absolute Gasteiger partial charge is 0.350 e. The zero-order valence-corrected chi connectivity index (χ0v) is 26.5. The minimum atomic E-state index is -4.34. The van der Waals surface area contributed by atoms with Gasteiger partial charge in [0.25, 0.3) is 0 Å². The molecular formula is C30H35Cl2FN4O4S. The molecule has 0 radical (unpaired) electrons. The molecule has 0 spiro atoms. The number of carbonyl (C=O) groups is 2. The monoisotopic (exact) mass is 636 g/mol. The van der Waals surface area contributed by atoms with Crippen LogP contribution in [-0.4, -0.2) is 61.7 Å². The van der Waals surface area contributed by atoms with Crippen LogP contribution in [0.2, 0.25) is 10.0 Å². The van der Waals surface area contributed by atoms with E-state index in [1.807, 2.05) is 51.1 Å². The molecule has 0 aliphatic carbocycles. The van der Waals surface area contributed by atoms with E-state index in [2.05, 4.69) is 5.32 Å². The van der Waals surface area contributed by atoms with Crippen molar-refractivity contribution in [3.05, 3.63) is 99.8 Å². The molecule has 0 unspecified atom stereocenters. The van der Waals surface area contributed by atoms with Crippen molar-refractivity contribution in [2.45, 2.75) is 45.3 Å². The van der Waals surface area contributed by atoms with Crippen molar-refractivity contribution in [3.8, 4) is 0 Å². The molecule has 0 heterocycles. The summed E-state index contributed by atoms with van der Waals surface area (Å²) >= 11 is 13.0. The molecule has 0 aliphatic rings. The van der Waals surface area contributed by atoms with Gasteiger partial charge in [-0.15, -0.1) is 0 Å². The number of benzene rings is 3. The molecular weight excluding hydrogens is 602 g/mol. The number of hydrogen-bond donors (Lipinski definition) is 1. The average molecular weight is 638 g/mol. The highest BCUT2D eigenvalue weighted by atomic mass is 35.5. The Bertz CT molecular complexity index is 1490. The number of nitrogens with zero attached hydrogens (tertiary/aromatic N) is 3. The molecule has 3 rings (SSSR count). The Morgan fingerprint density at radius 2 is 1.48 bits per heavy atom. The van der Waals surface area contributed by atoms with E-state index in [4.69, 9.17) is 23.2 Å². The maximum absolute atomic E-state index is 14.9. The smallest absolute Gasteiger partial charge is 0.304 e. The van der Waals surface area contributed by atoms with Crippen LogP contribution in [0, 0.1) is 5.82 Å². The number of rotatable bonds is 11. The third-order valence-corrected chi connectivity index (χ3v) is 8.81. The number of carbonyl (C=O) groups excluding carboxylic acids is 2. The second-order valence-corrected chi connectivity index (χ2v) is 13.8. The van der Waals surface area contributed by atoms with Crippen molar-refractivity contribution in [3.63, 3.8) is 0 Å². The van der Waals surface area contributed by atoms with E-state index in [0.29, 0.717) is 9.87 Å². The van der Waals surface area contributed by atoms with Crippen molar-refractivity contribution in [2.75, 3.05) is 24.9 Å². The minimum absolute atomic E-state index is 0.108. The zero-order valence-electron chi connectivity index (χ0n) is 24.1. The molecule has 0 saturated heterocycles. The van der Waals surface area contributed by atoms with E-state index < -0.39 is 46.0 Å². The SMILES string of the molecule is CN(C)S(=O)(=O)N(CC(=O)N(Cc1c(Cl)cccc1Cl)[C@@H](Cc1ccccc1)C(=O)NC(C)(C)C)c1ccccc1F. The summed E-state index contributed by atoms with van der Waals surface area (Å²) in [6.45, 7) is 4.43. The van der Waals surface area contributed by atoms with E-state index in [1.165, 1.54) is 37.2 Å². The van der Waals surface area contributed by atoms with Crippen molar-refractivity contribution in [1.82, 2.24) is 14.5 Å². The number of anilines is 1. The summed E-state index contributed by atoms with van der Waals surface area (Å²) in [4.78, 5) is 29.3. The second kappa shape index (κ2) is 13.9. The van der Waals surface area contributed by atoms with Crippen LogP contribution in [0.1, 0.15) is 31.9 Å². The van der Waals surface area contributed by atoms with Gasteiger partial charge in [0, 0.05) is 48.2 Å². The van der Waals surface area contributed by atoms with E-state index in [1.54, 1.807) is 18.2 Å². The molecule has 12 heteroatoms. The first kappa shape index (κ1) is 33.3. The normalized spacial score (nSPS) is 12.6. The molecule has 2 amide bonds. The van der Waals surface area contributed by atoms with Crippen molar-refractivity contribution >= 4 is 50.9 Å². The van der Waals surface area contributed by atoms with E-state index in [9.17, 15) is 22.4 Å². The molecule has 0 saturated carbocycles. The standard InChI is InChI=1S/C30H35Cl2FN4O4S/c1-30(2,3)34-29(39)27(18-21-12-7-6-8-13-21)36(19-22-23(31)14-11-15-24(22)32)28(38)20-37(42(40,41)35(4)5)26-17-10-9-16-25(26)33/h6-17,27H,18-20H2,1-5H3,(H,34,39)/t27-/m0/s1. The van der Waals surface area contributed by atoms with Crippen LogP contribution in [-0.2, 0) is 32.8 Å². The van der Waals surface area contributed by atoms with Gasteiger partial charge in [-0.1, -0.05) is 71.7 Å². The second-order valence-electron chi connectivity index (χ2n) is 10.9. The lowest BCUT2D eigenvalue weighted by atomic mass is 10.0. The van der Waals surface area contributed by atoms with Gasteiger partial charge < -0.3 is 10.2 Å². The highest BCUT2D eigenvalue weighted by molar-refractivity contribution is 7.90. The third kappa shape index (κ3) is 8.44. The van der Waals surface area contributed by atoms with Crippen molar-refractivity contribution < 1.29 is 22.4 Å². The van der Waals surface area contributed by atoms with Crippen molar-refractivity contribution in [1.29, 1.82) is 0 Å². The fourth-order valence-corrected chi connectivity index (χ4v) is 5.80. The molecule has 0 aromatic heterocycles. The average Bonchev–Trinajstić information content (AvgIpc) is 2.90. The zero-order chi connectivity index (χ0) is 31.2. The Morgan fingerprint density at radius 1 is 0.905 bits per heavy atom. The Labute approximate surface area is 257 Å². The number of hydrogen-bond acceptors (Lipinski definition) is 4. The summed E-state index contributed by atoms with van der Waals surface area (Å²) in [5, 5.41) is 3.46. The molecule has 1 N–H and O–H groups in total. The molecule has 0 aliphatic heterocycles. The minimum Gasteiger partial charge on any atom is -0.350 e. The molecule has 0 bridgehead atoms. The summed E-state index contributed by atoms with van der Waals surface area (Å²) in [7, 11) is -1.78. The fraction of sp³-hybridized carbons (Fsp3) is 0.333. The summed E-state index contributed by atoms with van der Waals surface area (Å²) in [6.07, 6.45) is 0.108. The quantitative estimate of drug-likeness (QED) is 0.309. The number of para-hydroxylation sites is 1. The van der Waals surface area contributed by atoms with E-state index in [-0.39, 0.29) is 28.7 Å². The van der Waals surface area contributed by atoms with Gasteiger partial charge in [0.15, 0.2) is 0 Å². The van der Waals surface area contributed by atoms with Crippen LogP contribution in [0.5, 0.6) is 0 Å². The summed E-state index contributed by atoms with van der Waals surface area (Å²) < 4.78 is 43.3. The van der Waals surface area contributed by atoms with Crippen LogP contribution < -0.4 is 9.62 Å². The van der Waals surface area contributed by atoms with Crippen LogP contribution in [0.25, 0.3) is 0 Å². The van der Waals surface area contributed by atoms with Gasteiger partial charge in [0.2, 0.25) is 11.8 Å². The lowest BCUT2D eigenvalue weighted by Crippen LogP contribution is -2.56. The topological polar surface area (TPSA) is 90.0 Å². The van der Waals surface area contributed by atoms with Crippen LogP contribution in [0.3, 0.4) is 0 Å². The highest BCUT2D eigenvalue weighted by Crippen LogP contribution is 2.29. The maximum Gasteiger partial charge on any atom is 0.304 e. The molecule has 1 atom stereocenters. The van der Waals surface area contributed by atoms with Gasteiger partial charge >= 0.3 is 10.2 Å². The third-order valence-electron chi connectivity index (χ3n) is 6.30. The molecule has 0 fully saturated rings. The van der Waals surface area contributed by atoms with Gasteiger partial charge in [-0.25, -0.2) is 8.70 Å². The first-order valence-electron chi connectivity index (χ1n) is 13.1.